The van der Waals surface area contributed by atoms with Crippen molar-refractivity contribution >= 4 is 37.3 Å². The van der Waals surface area contributed by atoms with Gasteiger partial charge in [-0.15, -0.1) is 11.3 Å². The zero-order chi connectivity index (χ0) is 21.5. The van der Waals surface area contributed by atoms with E-state index in [9.17, 15) is 21.6 Å². The number of piperazine rings is 1. The normalized spacial score (nSPS) is 21.4. The van der Waals surface area contributed by atoms with Gasteiger partial charge >= 0.3 is 0 Å². The van der Waals surface area contributed by atoms with Crippen molar-refractivity contribution in [2.45, 2.75) is 23.2 Å². The minimum atomic E-state index is -3.58. The van der Waals surface area contributed by atoms with E-state index in [2.05, 4.69) is 0 Å². The fraction of sp³-hybridized carbons (Fsp3) is 0.421. The molecule has 1 fully saturated rings. The number of amides is 1. The zero-order valence-electron chi connectivity index (χ0n) is 16.5. The Bertz CT molecular complexity index is 1140. The molecule has 1 atom stereocenters. The van der Waals surface area contributed by atoms with Crippen molar-refractivity contribution in [3.63, 3.8) is 0 Å². The van der Waals surface area contributed by atoms with Crippen molar-refractivity contribution in [3.05, 3.63) is 52.9 Å². The van der Waals surface area contributed by atoms with Gasteiger partial charge in [0.2, 0.25) is 15.9 Å². The third-order valence-electron chi connectivity index (χ3n) is 5.56. The van der Waals surface area contributed by atoms with E-state index in [1.165, 1.54) is 19.9 Å². The van der Waals surface area contributed by atoms with Gasteiger partial charge in [-0.25, -0.2) is 16.8 Å². The van der Waals surface area contributed by atoms with Gasteiger partial charge in [-0.1, -0.05) is 30.3 Å². The molecule has 2 aliphatic heterocycles. The zero-order valence-corrected chi connectivity index (χ0v) is 18.9. The average molecular weight is 470 g/mol. The molecule has 2 aliphatic rings. The van der Waals surface area contributed by atoms with Crippen LogP contribution in [0.25, 0.3) is 0 Å². The first kappa shape index (κ1) is 21.4. The Morgan fingerprint density at radius 3 is 2.23 bits per heavy atom. The Kier molecular flexibility index (Phi) is 5.75. The van der Waals surface area contributed by atoms with Crippen LogP contribution in [-0.4, -0.2) is 74.7 Å². The van der Waals surface area contributed by atoms with E-state index in [1.807, 2.05) is 24.3 Å². The summed E-state index contributed by atoms with van der Waals surface area (Å²) in [6.07, 6.45) is 1.43. The first-order valence-corrected chi connectivity index (χ1v) is 13.7. The number of hydrogen-bond acceptors (Lipinski definition) is 6. The van der Waals surface area contributed by atoms with Gasteiger partial charge in [-0.05, 0) is 29.0 Å². The summed E-state index contributed by atoms with van der Waals surface area (Å²) in [6, 6.07) is 9.98. The summed E-state index contributed by atoms with van der Waals surface area (Å²) in [6.45, 7) is 1.01. The van der Waals surface area contributed by atoms with Gasteiger partial charge in [0.1, 0.15) is 10.3 Å². The number of sulfonamides is 2. The van der Waals surface area contributed by atoms with Crippen LogP contribution in [0.3, 0.4) is 0 Å². The van der Waals surface area contributed by atoms with Crippen LogP contribution in [0.1, 0.15) is 11.1 Å². The molecule has 0 unspecified atom stereocenters. The van der Waals surface area contributed by atoms with Gasteiger partial charge in [0, 0.05) is 32.7 Å². The van der Waals surface area contributed by atoms with Gasteiger partial charge in [0.25, 0.3) is 10.0 Å². The topological polar surface area (TPSA) is 95.1 Å². The Labute approximate surface area is 180 Å². The molecule has 30 heavy (non-hydrogen) atoms. The molecule has 0 bridgehead atoms. The molecule has 1 aromatic heterocycles. The first-order valence-electron chi connectivity index (χ1n) is 9.54. The summed E-state index contributed by atoms with van der Waals surface area (Å²) in [4.78, 5) is 14.8. The number of rotatable bonds is 4. The second-order valence-electron chi connectivity index (χ2n) is 7.46. The van der Waals surface area contributed by atoms with Crippen molar-refractivity contribution < 1.29 is 21.6 Å². The monoisotopic (exact) mass is 469 g/mol. The van der Waals surface area contributed by atoms with Crippen molar-refractivity contribution in [3.8, 4) is 0 Å². The second kappa shape index (κ2) is 8.04. The Hall–Kier alpha value is -1.79. The van der Waals surface area contributed by atoms with E-state index in [-0.39, 0.29) is 42.8 Å². The fourth-order valence-corrected chi connectivity index (χ4v) is 7.52. The maximum atomic E-state index is 13.3. The van der Waals surface area contributed by atoms with Crippen molar-refractivity contribution in [2.75, 3.05) is 32.4 Å². The van der Waals surface area contributed by atoms with Crippen molar-refractivity contribution in [2.24, 2.45) is 0 Å². The predicted octanol–water partition coefficient (Wildman–Crippen LogP) is 0.968. The van der Waals surface area contributed by atoms with E-state index in [0.717, 1.165) is 17.4 Å². The van der Waals surface area contributed by atoms with E-state index < -0.39 is 26.1 Å². The number of fused-ring (bicyclic) bond motifs is 1. The minimum absolute atomic E-state index is 0.165. The molecule has 0 aliphatic carbocycles. The molecule has 3 heterocycles. The number of carbonyl (C=O) groups is 1. The maximum absolute atomic E-state index is 13.3. The van der Waals surface area contributed by atoms with E-state index in [1.54, 1.807) is 22.4 Å². The predicted molar refractivity (Wildman–Crippen MR) is 114 cm³/mol. The molecule has 1 aromatic carbocycles. The highest BCUT2D eigenvalue weighted by Gasteiger charge is 2.40. The van der Waals surface area contributed by atoms with Gasteiger partial charge in [0.05, 0.1) is 6.26 Å². The molecule has 0 radical (unpaired) electrons. The third-order valence-corrected chi connectivity index (χ3v) is 10.1. The Morgan fingerprint density at radius 1 is 0.967 bits per heavy atom. The lowest BCUT2D eigenvalue weighted by atomic mass is 9.95. The molecule has 11 heteroatoms. The number of benzene rings is 1. The molecular weight excluding hydrogens is 446 g/mol. The molecule has 4 rings (SSSR count). The van der Waals surface area contributed by atoms with Crippen LogP contribution in [0.15, 0.2) is 46.0 Å². The molecule has 2 aromatic rings. The van der Waals surface area contributed by atoms with Gasteiger partial charge in [-0.3, -0.25) is 4.79 Å². The van der Waals surface area contributed by atoms with Crippen LogP contribution in [-0.2, 0) is 37.8 Å². The fourth-order valence-electron chi connectivity index (χ4n) is 3.96. The largest absolute Gasteiger partial charge is 0.339 e. The lowest BCUT2D eigenvalue weighted by Gasteiger charge is -2.40. The van der Waals surface area contributed by atoms with Crippen LogP contribution in [0.4, 0.5) is 0 Å². The smallest absolute Gasteiger partial charge is 0.252 e. The van der Waals surface area contributed by atoms with Crippen LogP contribution in [0, 0.1) is 0 Å². The van der Waals surface area contributed by atoms with E-state index in [4.69, 9.17) is 0 Å². The van der Waals surface area contributed by atoms with Crippen LogP contribution < -0.4 is 0 Å². The van der Waals surface area contributed by atoms with Gasteiger partial charge in [-0.2, -0.15) is 8.61 Å². The summed E-state index contributed by atoms with van der Waals surface area (Å²) in [5, 5.41) is 1.72. The Morgan fingerprint density at radius 2 is 1.63 bits per heavy atom. The lowest BCUT2D eigenvalue weighted by molar-refractivity contribution is -0.136. The summed E-state index contributed by atoms with van der Waals surface area (Å²) in [5.41, 5.74) is 1.87. The number of carbonyl (C=O) groups excluding carboxylic acids is 1. The molecule has 0 N–H and O–H groups in total. The maximum Gasteiger partial charge on any atom is 0.252 e. The van der Waals surface area contributed by atoms with E-state index in [0.29, 0.717) is 6.42 Å². The number of nitrogens with zero attached hydrogens (tertiary/aromatic N) is 3. The molecule has 8 nitrogen and oxygen atoms in total. The highest BCUT2D eigenvalue weighted by Crippen LogP contribution is 2.27. The number of hydrogen-bond donors (Lipinski definition) is 0. The lowest BCUT2D eigenvalue weighted by Crippen LogP contribution is -2.57. The average Bonchev–Trinajstić information content (AvgIpc) is 3.27. The molecule has 1 saturated heterocycles. The molecule has 0 saturated carbocycles. The first-order chi connectivity index (χ1) is 14.2. The summed E-state index contributed by atoms with van der Waals surface area (Å²) < 4.78 is 53.1. The van der Waals surface area contributed by atoms with Crippen molar-refractivity contribution in [1.29, 1.82) is 0 Å². The third kappa shape index (κ3) is 4.04. The summed E-state index contributed by atoms with van der Waals surface area (Å²) >= 11 is 1.17. The second-order valence-corrected chi connectivity index (χ2v) is 12.5. The molecule has 1 amide bonds. The van der Waals surface area contributed by atoms with Crippen molar-refractivity contribution in [1.82, 2.24) is 13.5 Å². The summed E-state index contributed by atoms with van der Waals surface area (Å²) in [5.74, 6) is -0.275. The number of thiophene rings is 1. The van der Waals surface area contributed by atoms with Gasteiger partial charge in [0.15, 0.2) is 0 Å². The van der Waals surface area contributed by atoms with Crippen LogP contribution in [0.5, 0.6) is 0 Å². The SMILES string of the molecule is CS(=O)(=O)N1Cc2ccccc2C[C@@H]1C(=O)N1CCN(S(=O)(=O)c2cccs2)CC1. The van der Waals surface area contributed by atoms with Crippen LogP contribution in [0.2, 0.25) is 0 Å². The molecular formula is C19H23N3O5S3. The highest BCUT2D eigenvalue weighted by atomic mass is 32.2. The Balaban J connectivity index is 1.50. The molecule has 0 spiro atoms. The molecule has 162 valence electrons. The van der Waals surface area contributed by atoms with Gasteiger partial charge < -0.3 is 4.90 Å². The van der Waals surface area contributed by atoms with E-state index >= 15 is 0 Å². The highest BCUT2D eigenvalue weighted by molar-refractivity contribution is 7.91. The summed E-state index contributed by atoms with van der Waals surface area (Å²) in [7, 11) is -7.14. The minimum Gasteiger partial charge on any atom is -0.339 e. The van der Waals surface area contributed by atoms with Crippen LogP contribution >= 0.6 is 11.3 Å². The quantitative estimate of drug-likeness (QED) is 0.665. The standard InChI is InChI=1S/C19H23N3O5S3/c1-29(24,25)22-14-16-6-3-2-5-15(16)13-17(22)19(23)20-8-10-21(11-9-20)30(26,27)18-7-4-12-28-18/h2-7,12,17H,8-11,13-14H2,1H3/t17-/m1/s1.